The van der Waals surface area contributed by atoms with E-state index in [1.165, 1.54) is 10.4 Å². The molecule has 0 saturated carbocycles. The summed E-state index contributed by atoms with van der Waals surface area (Å²) in [5.41, 5.74) is 2.37. The second kappa shape index (κ2) is 6.02. The van der Waals surface area contributed by atoms with Gasteiger partial charge in [0.2, 0.25) is 5.95 Å². The summed E-state index contributed by atoms with van der Waals surface area (Å²) in [6.45, 7) is 6.49. The molecule has 98 valence electrons. The van der Waals surface area contributed by atoms with Crippen LogP contribution < -0.4 is 5.32 Å². The van der Waals surface area contributed by atoms with Crippen molar-refractivity contribution in [2.45, 2.75) is 20.4 Å². The van der Waals surface area contributed by atoms with Gasteiger partial charge in [0.05, 0.1) is 18.8 Å². The molecule has 5 heteroatoms. The van der Waals surface area contributed by atoms with E-state index in [4.69, 9.17) is 4.74 Å². The number of anilines is 1. The quantitative estimate of drug-likeness (QED) is 0.816. The highest BCUT2D eigenvalue weighted by Crippen LogP contribution is 2.19. The number of ether oxygens (including phenoxy) is 1. The SMILES string of the molecule is COCCNc1nc(C)cn1Cc1sccc1C. The maximum absolute atomic E-state index is 5.04. The maximum Gasteiger partial charge on any atom is 0.203 e. The Kier molecular flexibility index (Phi) is 4.38. The molecule has 0 amide bonds. The second-order valence-electron chi connectivity index (χ2n) is 4.28. The van der Waals surface area contributed by atoms with E-state index in [9.17, 15) is 0 Å². The van der Waals surface area contributed by atoms with Crippen molar-refractivity contribution in [3.63, 3.8) is 0 Å². The standard InChI is InChI=1S/C13H19N3OS/c1-10-4-7-18-12(10)9-16-8-11(2)15-13(16)14-5-6-17-3/h4,7-8H,5-6,9H2,1-3H3,(H,14,15). The van der Waals surface area contributed by atoms with Crippen molar-refractivity contribution in [3.05, 3.63) is 33.8 Å². The number of rotatable bonds is 6. The van der Waals surface area contributed by atoms with Crippen molar-refractivity contribution < 1.29 is 4.74 Å². The summed E-state index contributed by atoms with van der Waals surface area (Å²) in [5, 5.41) is 5.43. The first-order valence-corrected chi connectivity index (χ1v) is 6.88. The molecular formula is C13H19N3OS. The van der Waals surface area contributed by atoms with E-state index in [2.05, 4.69) is 39.4 Å². The zero-order chi connectivity index (χ0) is 13.0. The molecule has 2 aromatic rings. The van der Waals surface area contributed by atoms with Gasteiger partial charge >= 0.3 is 0 Å². The van der Waals surface area contributed by atoms with Gasteiger partial charge in [-0.25, -0.2) is 4.98 Å². The van der Waals surface area contributed by atoms with Crippen molar-refractivity contribution in [3.8, 4) is 0 Å². The molecule has 1 N–H and O–H groups in total. The molecule has 0 radical (unpaired) electrons. The van der Waals surface area contributed by atoms with E-state index in [0.29, 0.717) is 6.61 Å². The number of methoxy groups -OCH3 is 1. The number of aromatic nitrogens is 2. The first-order valence-electron chi connectivity index (χ1n) is 6.00. The molecule has 0 aliphatic heterocycles. The molecule has 2 rings (SSSR count). The van der Waals surface area contributed by atoms with E-state index in [0.717, 1.165) is 24.7 Å². The van der Waals surface area contributed by atoms with Crippen molar-refractivity contribution in [2.24, 2.45) is 0 Å². The molecule has 0 aliphatic rings. The summed E-state index contributed by atoms with van der Waals surface area (Å²) in [6.07, 6.45) is 2.08. The summed E-state index contributed by atoms with van der Waals surface area (Å²) in [6, 6.07) is 2.15. The Morgan fingerprint density at radius 3 is 2.94 bits per heavy atom. The average molecular weight is 265 g/mol. The summed E-state index contributed by atoms with van der Waals surface area (Å²) in [7, 11) is 1.70. The van der Waals surface area contributed by atoms with E-state index < -0.39 is 0 Å². The lowest BCUT2D eigenvalue weighted by Crippen LogP contribution is -2.12. The second-order valence-corrected chi connectivity index (χ2v) is 5.28. The fourth-order valence-electron chi connectivity index (χ4n) is 1.79. The summed E-state index contributed by atoms with van der Waals surface area (Å²) >= 11 is 1.79. The number of aryl methyl sites for hydroxylation is 2. The van der Waals surface area contributed by atoms with Crippen molar-refractivity contribution in [1.29, 1.82) is 0 Å². The highest BCUT2D eigenvalue weighted by atomic mass is 32.1. The predicted molar refractivity (Wildman–Crippen MR) is 75.5 cm³/mol. The molecule has 0 aliphatic carbocycles. The molecule has 0 fully saturated rings. The van der Waals surface area contributed by atoms with Gasteiger partial charge in [-0.2, -0.15) is 0 Å². The van der Waals surface area contributed by atoms with Crippen LogP contribution in [-0.2, 0) is 11.3 Å². The van der Waals surface area contributed by atoms with Gasteiger partial charge in [0.25, 0.3) is 0 Å². The molecule has 0 unspecified atom stereocenters. The highest BCUT2D eigenvalue weighted by molar-refractivity contribution is 7.10. The zero-order valence-corrected chi connectivity index (χ0v) is 11.9. The van der Waals surface area contributed by atoms with Crippen LogP contribution in [0, 0.1) is 13.8 Å². The number of nitrogens with one attached hydrogen (secondary N) is 1. The van der Waals surface area contributed by atoms with Gasteiger partial charge in [-0.15, -0.1) is 11.3 Å². The lowest BCUT2D eigenvalue weighted by molar-refractivity contribution is 0.210. The Labute approximate surface area is 112 Å². The molecule has 0 aromatic carbocycles. The van der Waals surface area contributed by atoms with E-state index in [1.807, 2.05) is 6.92 Å². The highest BCUT2D eigenvalue weighted by Gasteiger charge is 2.07. The lowest BCUT2D eigenvalue weighted by atomic mass is 10.3. The molecule has 0 spiro atoms. The molecular weight excluding hydrogens is 246 g/mol. The molecule has 2 aromatic heterocycles. The van der Waals surface area contributed by atoms with Crippen molar-refractivity contribution in [1.82, 2.24) is 9.55 Å². The fraction of sp³-hybridized carbons (Fsp3) is 0.462. The van der Waals surface area contributed by atoms with Crippen LogP contribution in [0.5, 0.6) is 0 Å². The van der Waals surface area contributed by atoms with Crippen LogP contribution in [0.1, 0.15) is 16.1 Å². The minimum Gasteiger partial charge on any atom is -0.383 e. The number of hydrogen-bond donors (Lipinski definition) is 1. The van der Waals surface area contributed by atoms with E-state index >= 15 is 0 Å². The fourth-order valence-corrected chi connectivity index (χ4v) is 2.70. The van der Waals surface area contributed by atoms with E-state index in [1.54, 1.807) is 18.4 Å². The van der Waals surface area contributed by atoms with Gasteiger partial charge in [0.15, 0.2) is 0 Å². The van der Waals surface area contributed by atoms with E-state index in [-0.39, 0.29) is 0 Å². The predicted octanol–water partition coefficient (Wildman–Crippen LogP) is 2.67. The molecule has 0 atom stereocenters. The van der Waals surface area contributed by atoms with Crippen LogP contribution in [0.15, 0.2) is 17.6 Å². The molecule has 2 heterocycles. The van der Waals surface area contributed by atoms with Gasteiger partial charge in [-0.05, 0) is 30.9 Å². The third-order valence-corrected chi connectivity index (χ3v) is 3.78. The largest absolute Gasteiger partial charge is 0.383 e. The van der Waals surface area contributed by atoms with Crippen LogP contribution in [-0.4, -0.2) is 29.8 Å². The smallest absolute Gasteiger partial charge is 0.203 e. The van der Waals surface area contributed by atoms with Crippen LogP contribution in [0.25, 0.3) is 0 Å². The monoisotopic (exact) mass is 265 g/mol. The molecule has 18 heavy (non-hydrogen) atoms. The van der Waals surface area contributed by atoms with Crippen LogP contribution in [0.4, 0.5) is 5.95 Å². The van der Waals surface area contributed by atoms with Crippen LogP contribution >= 0.6 is 11.3 Å². The average Bonchev–Trinajstić information content (AvgIpc) is 2.88. The minimum atomic E-state index is 0.684. The van der Waals surface area contributed by atoms with Crippen molar-refractivity contribution in [2.75, 3.05) is 25.6 Å². The number of nitrogens with zero attached hydrogens (tertiary/aromatic N) is 2. The normalized spacial score (nSPS) is 10.8. The summed E-state index contributed by atoms with van der Waals surface area (Å²) in [4.78, 5) is 5.87. The first kappa shape index (κ1) is 13.1. The maximum atomic E-state index is 5.04. The topological polar surface area (TPSA) is 39.1 Å². The van der Waals surface area contributed by atoms with Gasteiger partial charge in [0.1, 0.15) is 0 Å². The van der Waals surface area contributed by atoms with Crippen LogP contribution in [0.2, 0.25) is 0 Å². The zero-order valence-electron chi connectivity index (χ0n) is 11.1. The lowest BCUT2D eigenvalue weighted by Gasteiger charge is -2.09. The molecule has 0 saturated heterocycles. The van der Waals surface area contributed by atoms with Gasteiger partial charge in [0, 0.05) is 24.7 Å². The third-order valence-electron chi connectivity index (χ3n) is 2.77. The molecule has 0 bridgehead atoms. The first-order chi connectivity index (χ1) is 8.70. The Morgan fingerprint density at radius 1 is 1.44 bits per heavy atom. The Morgan fingerprint density at radius 2 is 2.28 bits per heavy atom. The van der Waals surface area contributed by atoms with Crippen LogP contribution in [0.3, 0.4) is 0 Å². The van der Waals surface area contributed by atoms with Gasteiger partial charge in [-0.1, -0.05) is 0 Å². The number of imidazole rings is 1. The summed E-state index contributed by atoms with van der Waals surface area (Å²) < 4.78 is 7.19. The molecule has 4 nitrogen and oxygen atoms in total. The van der Waals surface area contributed by atoms with Gasteiger partial charge in [-0.3, -0.25) is 0 Å². The Balaban J connectivity index is 2.09. The van der Waals surface area contributed by atoms with Crippen molar-refractivity contribution >= 4 is 17.3 Å². The third kappa shape index (κ3) is 3.11. The Hall–Kier alpha value is -1.33. The van der Waals surface area contributed by atoms with Gasteiger partial charge < -0.3 is 14.6 Å². The summed E-state index contributed by atoms with van der Waals surface area (Å²) in [5.74, 6) is 0.914. The Bertz CT molecular complexity index is 504. The number of hydrogen-bond acceptors (Lipinski definition) is 4. The number of thiophene rings is 1. The minimum absolute atomic E-state index is 0.684.